The summed E-state index contributed by atoms with van der Waals surface area (Å²) in [6.45, 7) is 0.475. The van der Waals surface area contributed by atoms with Crippen molar-refractivity contribution in [3.8, 4) is 0 Å². The van der Waals surface area contributed by atoms with Gasteiger partial charge >= 0.3 is 5.97 Å². The van der Waals surface area contributed by atoms with E-state index in [0.29, 0.717) is 0 Å². The van der Waals surface area contributed by atoms with Crippen molar-refractivity contribution in [2.45, 2.75) is 61.4 Å². The van der Waals surface area contributed by atoms with E-state index in [2.05, 4.69) is 0 Å². The van der Waals surface area contributed by atoms with E-state index in [4.69, 9.17) is 24.1 Å². The number of aliphatic hydroxyl groups excluding tert-OH is 6. The maximum absolute atomic E-state index is 10.1. The van der Waals surface area contributed by atoms with Crippen molar-refractivity contribution < 1.29 is 54.3 Å². The predicted molar refractivity (Wildman–Crippen MR) is 67.5 cm³/mol. The van der Waals surface area contributed by atoms with E-state index in [-0.39, 0.29) is 4.70 Å². The molecule has 6 N–H and O–H groups in total. The number of hydrogen-bond donors (Lipinski definition) is 6. The quantitative estimate of drug-likeness (QED) is 0.278. The Morgan fingerprint density at radius 3 is 2.17 bits per heavy atom. The van der Waals surface area contributed by atoms with Crippen molar-refractivity contribution in [1.82, 2.24) is 0 Å². The van der Waals surface area contributed by atoms with Crippen molar-refractivity contribution in [2.24, 2.45) is 0 Å². The molecule has 11 heteroatoms. The maximum atomic E-state index is 10.1. The van der Waals surface area contributed by atoms with Gasteiger partial charge in [-0.2, -0.15) is 0 Å². The first-order valence-electron chi connectivity index (χ1n) is 6.97. The average Bonchev–Trinajstić information content (AvgIpc) is 2.98. The molecule has 0 saturated carbocycles. The highest BCUT2D eigenvalue weighted by atomic mass is 19.0. The van der Waals surface area contributed by atoms with Gasteiger partial charge in [0.2, 0.25) is 5.79 Å². The molecule has 0 aliphatic carbocycles. The van der Waals surface area contributed by atoms with Gasteiger partial charge in [-0.05, 0) is 6.92 Å². The summed E-state index contributed by atoms with van der Waals surface area (Å²) in [5, 5.41) is 58.7. The van der Waals surface area contributed by atoms with Gasteiger partial charge in [-0.25, -0.2) is 0 Å². The van der Waals surface area contributed by atoms with Gasteiger partial charge in [-0.15, -0.1) is 0 Å². The molecule has 1 unspecified atom stereocenters. The van der Waals surface area contributed by atoms with E-state index in [9.17, 15) is 25.5 Å². The zero-order chi connectivity index (χ0) is 16.3. The van der Waals surface area contributed by atoms with Crippen LogP contribution in [0.3, 0.4) is 0 Å². The second-order valence-corrected chi connectivity index (χ2v) is 5.83. The van der Waals surface area contributed by atoms with E-state index in [1.54, 1.807) is 0 Å². The SMILES string of the molecule is C[C@H]1O[C@@]2(OCC3(O[C@H](CO)[C@@H](O)[C@@H]3O)O2)[C@H](O)[C@@H](O)[C@@H]1O.F. The van der Waals surface area contributed by atoms with Crippen LogP contribution in [0.25, 0.3) is 0 Å². The second kappa shape index (κ2) is 6.11. The van der Waals surface area contributed by atoms with Gasteiger partial charge < -0.3 is 44.8 Å². The Hall–Kier alpha value is -0.470. The monoisotopic (exact) mass is 344 g/mol. The van der Waals surface area contributed by atoms with Gasteiger partial charge in [-0.1, -0.05) is 0 Å². The van der Waals surface area contributed by atoms with Crippen LogP contribution < -0.4 is 0 Å². The van der Waals surface area contributed by atoms with Crippen LogP contribution in [0.4, 0.5) is 4.70 Å². The third-order valence-corrected chi connectivity index (χ3v) is 4.34. The van der Waals surface area contributed by atoms with E-state index >= 15 is 0 Å². The standard InChI is InChI=1S/C12H20O10.FH/c1-4-6(14)8(16)10(18)12(20-4)19-3-11(22-12)9(17)7(15)5(2-13)21-11;/h4-10,13-18H,2-3H2,1H3;1H/t4-,5-,6-,7-,8+,9+,10-,11?,12+;/m1./s1. The Balaban J connectivity index is 0.00000192. The number of ether oxygens (including phenoxy) is 4. The van der Waals surface area contributed by atoms with Crippen molar-refractivity contribution >= 4 is 0 Å². The molecule has 9 atom stereocenters. The van der Waals surface area contributed by atoms with Crippen molar-refractivity contribution in [3.63, 3.8) is 0 Å². The van der Waals surface area contributed by atoms with Gasteiger partial charge in [0.05, 0.1) is 12.7 Å². The fourth-order valence-corrected chi connectivity index (χ4v) is 2.99. The van der Waals surface area contributed by atoms with E-state index < -0.39 is 67.7 Å². The Bertz CT molecular complexity index is 440. The minimum Gasteiger partial charge on any atom is -0.394 e. The Kier molecular flexibility index (Phi) is 5.01. The lowest BCUT2D eigenvalue weighted by Crippen LogP contribution is -2.65. The topological polar surface area (TPSA) is 158 Å². The normalized spacial score (nSPS) is 56.2. The summed E-state index contributed by atoms with van der Waals surface area (Å²) in [4.78, 5) is 0. The van der Waals surface area contributed by atoms with Crippen LogP contribution >= 0.6 is 0 Å². The highest BCUT2D eigenvalue weighted by Gasteiger charge is 2.69. The van der Waals surface area contributed by atoms with Gasteiger partial charge in [0.25, 0.3) is 0 Å². The highest BCUT2D eigenvalue weighted by molar-refractivity contribution is 5.03. The smallest absolute Gasteiger partial charge is 0.316 e. The van der Waals surface area contributed by atoms with Crippen molar-refractivity contribution in [3.05, 3.63) is 0 Å². The minimum atomic E-state index is -2.15. The fourth-order valence-electron chi connectivity index (χ4n) is 2.99. The first kappa shape index (κ1) is 18.9. The zero-order valence-corrected chi connectivity index (χ0v) is 12.2. The molecule has 10 nitrogen and oxygen atoms in total. The number of rotatable bonds is 1. The predicted octanol–water partition coefficient (Wildman–Crippen LogP) is -3.85. The van der Waals surface area contributed by atoms with Crippen LogP contribution in [0.5, 0.6) is 0 Å². The zero-order valence-electron chi connectivity index (χ0n) is 12.2. The van der Waals surface area contributed by atoms with Crippen LogP contribution in [0.15, 0.2) is 0 Å². The Morgan fingerprint density at radius 2 is 1.61 bits per heavy atom. The van der Waals surface area contributed by atoms with Crippen molar-refractivity contribution in [2.75, 3.05) is 13.2 Å². The molecule has 2 spiro atoms. The van der Waals surface area contributed by atoms with E-state index in [1.807, 2.05) is 0 Å². The molecule has 0 amide bonds. The molecule has 3 aliphatic heterocycles. The third kappa shape index (κ3) is 2.57. The summed E-state index contributed by atoms with van der Waals surface area (Å²) in [5.41, 5.74) is 0. The van der Waals surface area contributed by atoms with Crippen LogP contribution in [-0.4, -0.2) is 98.3 Å². The summed E-state index contributed by atoms with van der Waals surface area (Å²) < 4.78 is 21.4. The molecule has 0 bridgehead atoms. The molecular weight excluding hydrogens is 323 g/mol. The molecule has 0 aromatic carbocycles. The molecule has 0 radical (unpaired) electrons. The van der Waals surface area contributed by atoms with Gasteiger partial charge in [0.1, 0.15) is 37.1 Å². The van der Waals surface area contributed by atoms with Crippen LogP contribution in [0.2, 0.25) is 0 Å². The highest BCUT2D eigenvalue weighted by Crippen LogP contribution is 2.46. The third-order valence-electron chi connectivity index (χ3n) is 4.34. The first-order chi connectivity index (χ1) is 10.3. The average molecular weight is 344 g/mol. The summed E-state index contributed by atoms with van der Waals surface area (Å²) in [6, 6.07) is 0. The molecule has 3 rings (SSSR count). The summed E-state index contributed by atoms with van der Waals surface area (Å²) in [5.74, 6) is -4.00. The molecule has 0 aromatic rings. The fraction of sp³-hybridized carbons (Fsp3) is 1.00. The molecule has 23 heavy (non-hydrogen) atoms. The molecule has 0 aromatic heterocycles. The lowest BCUT2D eigenvalue weighted by Gasteiger charge is -2.44. The van der Waals surface area contributed by atoms with E-state index in [1.165, 1.54) is 6.92 Å². The summed E-state index contributed by atoms with van der Waals surface area (Å²) in [6.07, 6.45) is -9.71. The first-order valence-corrected chi connectivity index (χ1v) is 6.97. The van der Waals surface area contributed by atoms with Gasteiger partial charge in [-0.3, -0.25) is 9.44 Å². The largest absolute Gasteiger partial charge is 0.394 e. The molecule has 3 fully saturated rings. The summed E-state index contributed by atoms with van der Waals surface area (Å²) in [7, 11) is 0. The lowest BCUT2D eigenvalue weighted by atomic mass is 9.98. The van der Waals surface area contributed by atoms with Gasteiger partial charge in [0.15, 0.2) is 6.10 Å². The van der Waals surface area contributed by atoms with Gasteiger partial charge in [0, 0.05) is 0 Å². The van der Waals surface area contributed by atoms with Crippen LogP contribution in [-0.2, 0) is 18.9 Å². The molecular formula is C12H21FO10. The number of halogens is 1. The lowest BCUT2D eigenvalue weighted by molar-refractivity contribution is -0.449. The second-order valence-electron chi connectivity index (χ2n) is 5.83. The molecule has 3 aliphatic rings. The van der Waals surface area contributed by atoms with Crippen molar-refractivity contribution in [1.29, 1.82) is 0 Å². The summed E-state index contributed by atoms with van der Waals surface area (Å²) >= 11 is 0. The van der Waals surface area contributed by atoms with E-state index in [0.717, 1.165) is 0 Å². The van der Waals surface area contributed by atoms with Crippen LogP contribution in [0.1, 0.15) is 6.92 Å². The number of aliphatic hydroxyl groups is 6. The number of hydrogen-bond acceptors (Lipinski definition) is 10. The Morgan fingerprint density at radius 1 is 0.957 bits per heavy atom. The molecule has 3 heterocycles. The molecule has 3 saturated heterocycles. The minimum absolute atomic E-state index is 0. The maximum Gasteiger partial charge on any atom is 0.316 e. The molecule has 136 valence electrons. The Labute approximate surface area is 130 Å². The van der Waals surface area contributed by atoms with Crippen LogP contribution in [0, 0.1) is 0 Å².